The summed E-state index contributed by atoms with van der Waals surface area (Å²) in [7, 11) is 0. The molecule has 0 aromatic rings. The van der Waals surface area contributed by atoms with Crippen LogP contribution in [0.25, 0.3) is 0 Å². The number of rotatable bonds is 6. The van der Waals surface area contributed by atoms with Gasteiger partial charge in [0, 0.05) is 19.6 Å². The van der Waals surface area contributed by atoms with Gasteiger partial charge in [0.15, 0.2) is 10.9 Å². The predicted octanol–water partition coefficient (Wildman–Crippen LogP) is 1.66. The van der Waals surface area contributed by atoms with Crippen LogP contribution < -0.4 is 16.0 Å². The maximum absolute atomic E-state index is 11.0. The van der Waals surface area contributed by atoms with Crippen LogP contribution in [-0.2, 0) is 0 Å². The number of nitrogens with one attached hydrogen (secondary N) is 3. The average Bonchev–Trinajstić information content (AvgIpc) is 2.82. The fourth-order valence-electron chi connectivity index (χ4n) is 1.44. The lowest BCUT2D eigenvalue weighted by atomic mass is 10.3. The topological polar surface area (TPSA) is 79.2 Å². The van der Waals surface area contributed by atoms with Gasteiger partial charge in [0.1, 0.15) is 5.16 Å². The molecular weight excluding hydrogens is 279 g/mol. The number of allylic oxidation sites excluding steroid dienone is 1. The number of halogens is 2. The fourth-order valence-corrected chi connectivity index (χ4v) is 1.86. The first-order valence-corrected chi connectivity index (χ1v) is 6.49. The van der Waals surface area contributed by atoms with Crippen molar-refractivity contribution in [2.75, 3.05) is 19.6 Å². The fraction of sp³-hybridized carbons (Fsp3) is 0.600. The first kappa shape index (κ1) is 14.9. The standard InChI is InChI=1S/C10H16Cl2N4O2/c1-2-3-4-13-9(12)7(11)8(16(17)18)10-14-5-6-15-10/h13-15H,2-6H2,1H3/b9-7+. The minimum Gasteiger partial charge on any atom is -0.374 e. The van der Waals surface area contributed by atoms with Crippen molar-refractivity contribution in [3.05, 3.63) is 31.8 Å². The molecule has 0 aromatic heterocycles. The molecule has 3 N–H and O–H groups in total. The van der Waals surface area contributed by atoms with Crippen molar-refractivity contribution in [3.63, 3.8) is 0 Å². The van der Waals surface area contributed by atoms with Gasteiger partial charge in [-0.05, 0) is 6.42 Å². The molecule has 102 valence electrons. The van der Waals surface area contributed by atoms with E-state index in [1.54, 1.807) is 0 Å². The first-order chi connectivity index (χ1) is 8.57. The molecule has 1 rings (SSSR count). The van der Waals surface area contributed by atoms with Crippen molar-refractivity contribution in [1.29, 1.82) is 0 Å². The summed E-state index contributed by atoms with van der Waals surface area (Å²) in [5.74, 6) is 0.306. The Morgan fingerprint density at radius 2 is 2.06 bits per heavy atom. The van der Waals surface area contributed by atoms with Crippen molar-refractivity contribution >= 4 is 23.2 Å². The predicted molar refractivity (Wildman–Crippen MR) is 71.7 cm³/mol. The highest BCUT2D eigenvalue weighted by molar-refractivity contribution is 6.40. The molecule has 8 heteroatoms. The Morgan fingerprint density at radius 1 is 1.44 bits per heavy atom. The van der Waals surface area contributed by atoms with Crippen molar-refractivity contribution in [1.82, 2.24) is 16.0 Å². The zero-order chi connectivity index (χ0) is 13.5. The average molecular weight is 295 g/mol. The molecule has 0 saturated carbocycles. The summed E-state index contributed by atoms with van der Waals surface area (Å²) in [5, 5.41) is 19.6. The van der Waals surface area contributed by atoms with E-state index in [0.29, 0.717) is 25.5 Å². The van der Waals surface area contributed by atoms with Crippen LogP contribution in [0.5, 0.6) is 0 Å². The van der Waals surface area contributed by atoms with E-state index in [9.17, 15) is 10.1 Å². The van der Waals surface area contributed by atoms with Gasteiger partial charge >= 0.3 is 5.70 Å². The number of nitrogens with zero attached hydrogens (tertiary/aromatic N) is 1. The van der Waals surface area contributed by atoms with Gasteiger partial charge in [-0.15, -0.1) is 0 Å². The van der Waals surface area contributed by atoms with Gasteiger partial charge in [-0.1, -0.05) is 36.5 Å². The molecule has 0 spiro atoms. The summed E-state index contributed by atoms with van der Waals surface area (Å²) in [4.78, 5) is 10.5. The van der Waals surface area contributed by atoms with Crippen LogP contribution in [0.3, 0.4) is 0 Å². The van der Waals surface area contributed by atoms with Crippen LogP contribution in [0.4, 0.5) is 0 Å². The lowest BCUT2D eigenvalue weighted by Crippen LogP contribution is -2.20. The van der Waals surface area contributed by atoms with Gasteiger partial charge in [0.05, 0.1) is 4.92 Å². The van der Waals surface area contributed by atoms with Gasteiger partial charge in [0.2, 0.25) is 0 Å². The smallest absolute Gasteiger partial charge is 0.330 e. The highest BCUT2D eigenvalue weighted by Crippen LogP contribution is 2.23. The SMILES string of the molecule is CCCCN/C(Cl)=C(/Cl)C(=C1NCCN1)[N+](=O)[O-]. The van der Waals surface area contributed by atoms with Crippen molar-refractivity contribution < 1.29 is 4.92 Å². The molecule has 1 saturated heterocycles. The van der Waals surface area contributed by atoms with E-state index < -0.39 is 4.92 Å². The molecule has 0 atom stereocenters. The maximum Gasteiger partial charge on any atom is 0.330 e. The minimum atomic E-state index is -0.549. The third-order valence-electron chi connectivity index (χ3n) is 2.36. The summed E-state index contributed by atoms with van der Waals surface area (Å²) < 4.78 is 0. The van der Waals surface area contributed by atoms with E-state index in [-0.39, 0.29) is 15.9 Å². The molecule has 0 aliphatic carbocycles. The Bertz CT molecular complexity index is 374. The van der Waals surface area contributed by atoms with Crippen LogP contribution in [-0.4, -0.2) is 24.6 Å². The summed E-state index contributed by atoms with van der Waals surface area (Å²) in [6, 6.07) is 0. The molecule has 1 heterocycles. The lowest BCUT2D eigenvalue weighted by Gasteiger charge is -2.07. The monoisotopic (exact) mass is 294 g/mol. The first-order valence-electron chi connectivity index (χ1n) is 5.73. The second-order valence-electron chi connectivity index (χ2n) is 3.74. The molecule has 1 fully saturated rings. The second kappa shape index (κ2) is 7.33. The maximum atomic E-state index is 11.0. The van der Waals surface area contributed by atoms with E-state index in [4.69, 9.17) is 23.2 Å². The Labute approximate surface area is 116 Å². The summed E-state index contributed by atoms with van der Waals surface area (Å²) >= 11 is 11.9. The molecule has 1 aliphatic rings. The van der Waals surface area contributed by atoms with Gasteiger partial charge in [-0.25, -0.2) is 0 Å². The van der Waals surface area contributed by atoms with Gasteiger partial charge in [-0.2, -0.15) is 0 Å². The summed E-state index contributed by atoms with van der Waals surface area (Å²) in [6.45, 7) is 3.92. The number of unbranched alkanes of at least 4 members (excludes halogenated alkanes) is 1. The highest BCUT2D eigenvalue weighted by Gasteiger charge is 2.27. The summed E-state index contributed by atoms with van der Waals surface area (Å²) in [5.41, 5.74) is -0.233. The molecular formula is C10H16Cl2N4O2. The van der Waals surface area contributed by atoms with Gasteiger partial charge in [0.25, 0.3) is 0 Å². The number of hydrogen-bond donors (Lipinski definition) is 3. The van der Waals surface area contributed by atoms with E-state index in [1.165, 1.54) is 0 Å². The minimum absolute atomic E-state index is 0.0883. The highest BCUT2D eigenvalue weighted by atomic mass is 35.5. The quantitative estimate of drug-likeness (QED) is 0.300. The molecule has 0 unspecified atom stereocenters. The zero-order valence-corrected chi connectivity index (χ0v) is 11.6. The van der Waals surface area contributed by atoms with E-state index in [2.05, 4.69) is 16.0 Å². The third-order valence-corrected chi connectivity index (χ3v) is 3.15. The molecule has 1 aliphatic heterocycles. The molecule has 6 nitrogen and oxygen atoms in total. The Hall–Kier alpha value is -1.14. The normalized spacial score (nSPS) is 15.6. The van der Waals surface area contributed by atoms with Gasteiger partial charge in [-0.3, -0.25) is 10.1 Å². The number of nitro groups is 1. The van der Waals surface area contributed by atoms with Crippen LogP contribution in [0.1, 0.15) is 19.8 Å². The summed E-state index contributed by atoms with van der Waals surface area (Å²) in [6.07, 6.45) is 1.92. The largest absolute Gasteiger partial charge is 0.374 e. The molecule has 0 radical (unpaired) electrons. The molecule has 0 aromatic carbocycles. The van der Waals surface area contributed by atoms with Gasteiger partial charge < -0.3 is 16.0 Å². The van der Waals surface area contributed by atoms with E-state index >= 15 is 0 Å². The van der Waals surface area contributed by atoms with Crippen LogP contribution >= 0.6 is 23.2 Å². The van der Waals surface area contributed by atoms with Crippen molar-refractivity contribution in [2.24, 2.45) is 0 Å². The van der Waals surface area contributed by atoms with Crippen LogP contribution in [0, 0.1) is 10.1 Å². The van der Waals surface area contributed by atoms with E-state index in [0.717, 1.165) is 12.8 Å². The zero-order valence-electron chi connectivity index (χ0n) is 10.1. The lowest BCUT2D eigenvalue weighted by molar-refractivity contribution is -0.421. The van der Waals surface area contributed by atoms with E-state index in [1.807, 2.05) is 6.92 Å². The third kappa shape index (κ3) is 3.96. The molecule has 18 heavy (non-hydrogen) atoms. The van der Waals surface area contributed by atoms with Crippen LogP contribution in [0.2, 0.25) is 0 Å². The second-order valence-corrected chi connectivity index (χ2v) is 4.50. The Balaban J connectivity index is 2.88. The Kier molecular flexibility index (Phi) is 6.07. The Morgan fingerprint density at radius 3 is 2.56 bits per heavy atom. The molecule has 0 bridgehead atoms. The van der Waals surface area contributed by atoms with Crippen LogP contribution in [0.15, 0.2) is 21.7 Å². The van der Waals surface area contributed by atoms with Crippen molar-refractivity contribution in [2.45, 2.75) is 19.8 Å². The van der Waals surface area contributed by atoms with Crippen molar-refractivity contribution in [3.8, 4) is 0 Å². The molecule has 0 amide bonds. The number of hydrogen-bond acceptors (Lipinski definition) is 5.